The summed E-state index contributed by atoms with van der Waals surface area (Å²) in [5.74, 6) is 1.02. The zero-order chi connectivity index (χ0) is 17.9. The molecule has 0 spiro atoms. The summed E-state index contributed by atoms with van der Waals surface area (Å²) >= 11 is 0. The second-order valence-corrected chi connectivity index (χ2v) is 6.85. The van der Waals surface area contributed by atoms with Crippen molar-refractivity contribution in [2.24, 2.45) is 7.05 Å². The molecule has 4 rings (SSSR count). The van der Waals surface area contributed by atoms with E-state index in [0.29, 0.717) is 6.42 Å². The number of aromatic amines is 1. The van der Waals surface area contributed by atoms with Gasteiger partial charge in [-0.2, -0.15) is 5.10 Å². The predicted molar refractivity (Wildman–Crippen MR) is 99.2 cm³/mol. The van der Waals surface area contributed by atoms with Crippen LogP contribution in [0.4, 0.5) is 0 Å². The molecule has 1 aromatic carbocycles. The third kappa shape index (κ3) is 3.40. The Kier molecular flexibility index (Phi) is 4.56. The van der Waals surface area contributed by atoms with Gasteiger partial charge >= 0.3 is 0 Å². The minimum atomic E-state index is 0.0189. The molecular formula is C20H23N5O. The number of aromatic nitrogens is 4. The van der Waals surface area contributed by atoms with Crippen LogP contribution in [0.5, 0.6) is 0 Å². The molecule has 1 N–H and O–H groups in total. The molecule has 0 radical (unpaired) electrons. The summed E-state index contributed by atoms with van der Waals surface area (Å²) in [5, 5.41) is 4.16. The molecule has 1 saturated heterocycles. The molecule has 1 aliphatic rings. The molecule has 6 heteroatoms. The Bertz CT molecular complexity index is 883. The zero-order valence-corrected chi connectivity index (χ0v) is 14.9. The Morgan fingerprint density at radius 2 is 2.08 bits per heavy atom. The summed E-state index contributed by atoms with van der Waals surface area (Å²) < 4.78 is 1.73. The summed E-state index contributed by atoms with van der Waals surface area (Å²) in [6, 6.07) is 10.2. The van der Waals surface area contributed by atoms with Gasteiger partial charge in [-0.3, -0.25) is 9.48 Å². The maximum atomic E-state index is 12.9. The number of nitrogens with zero attached hydrogens (tertiary/aromatic N) is 4. The van der Waals surface area contributed by atoms with Crippen LogP contribution in [-0.2, 0) is 18.3 Å². The molecule has 1 unspecified atom stereocenters. The Morgan fingerprint density at radius 3 is 2.85 bits per heavy atom. The van der Waals surface area contributed by atoms with Crippen LogP contribution in [-0.4, -0.2) is 37.1 Å². The lowest BCUT2D eigenvalue weighted by Crippen LogP contribution is -2.39. The van der Waals surface area contributed by atoms with Crippen molar-refractivity contribution < 1.29 is 4.79 Å². The van der Waals surface area contributed by atoms with Crippen molar-refractivity contribution in [3.8, 4) is 11.3 Å². The normalized spacial score (nSPS) is 17.4. The second-order valence-electron chi connectivity index (χ2n) is 6.85. The molecule has 1 aliphatic heterocycles. The van der Waals surface area contributed by atoms with Gasteiger partial charge in [-0.25, -0.2) is 4.98 Å². The van der Waals surface area contributed by atoms with Gasteiger partial charge < -0.3 is 9.88 Å². The van der Waals surface area contributed by atoms with E-state index in [0.717, 1.165) is 48.5 Å². The molecule has 0 aliphatic carbocycles. The average molecular weight is 349 g/mol. The van der Waals surface area contributed by atoms with Crippen LogP contribution in [0.25, 0.3) is 11.3 Å². The van der Waals surface area contributed by atoms with E-state index in [1.807, 2.05) is 42.5 Å². The Hall–Kier alpha value is -2.89. The fourth-order valence-corrected chi connectivity index (χ4v) is 3.62. The van der Waals surface area contributed by atoms with E-state index >= 15 is 0 Å². The smallest absolute Gasteiger partial charge is 0.227 e. The lowest BCUT2D eigenvalue weighted by Gasteiger charge is -2.34. The van der Waals surface area contributed by atoms with Gasteiger partial charge in [-0.05, 0) is 30.4 Å². The highest BCUT2D eigenvalue weighted by Crippen LogP contribution is 2.31. The molecule has 1 atom stereocenters. The number of carbonyl (C=O) groups is 1. The van der Waals surface area contributed by atoms with E-state index in [-0.39, 0.29) is 11.9 Å². The first-order valence-electron chi connectivity index (χ1n) is 9.08. The number of H-pyrrole nitrogens is 1. The van der Waals surface area contributed by atoms with Crippen molar-refractivity contribution in [2.45, 2.75) is 31.7 Å². The van der Waals surface area contributed by atoms with Gasteiger partial charge in [0.15, 0.2) is 0 Å². The Labute approximate surface area is 152 Å². The molecule has 1 fully saturated rings. The fraction of sp³-hybridized carbons (Fsp3) is 0.350. The number of hydrogen-bond acceptors (Lipinski definition) is 3. The zero-order valence-electron chi connectivity index (χ0n) is 14.9. The van der Waals surface area contributed by atoms with Crippen LogP contribution in [0.3, 0.4) is 0 Å². The number of benzene rings is 1. The number of likely N-dealkylation sites (tertiary alicyclic amines) is 1. The maximum absolute atomic E-state index is 12.9. The molecular weight excluding hydrogens is 326 g/mol. The van der Waals surface area contributed by atoms with Crippen LogP contribution in [0.2, 0.25) is 0 Å². The molecule has 6 nitrogen and oxygen atoms in total. The van der Waals surface area contributed by atoms with Crippen molar-refractivity contribution >= 4 is 5.91 Å². The van der Waals surface area contributed by atoms with E-state index in [2.05, 4.69) is 27.2 Å². The fourth-order valence-electron chi connectivity index (χ4n) is 3.62. The van der Waals surface area contributed by atoms with Crippen LogP contribution >= 0.6 is 0 Å². The highest BCUT2D eigenvalue weighted by atomic mass is 16.2. The van der Waals surface area contributed by atoms with Crippen LogP contribution < -0.4 is 0 Å². The first-order valence-corrected chi connectivity index (χ1v) is 9.08. The van der Waals surface area contributed by atoms with E-state index in [1.54, 1.807) is 10.9 Å². The van der Waals surface area contributed by atoms with Gasteiger partial charge in [0.2, 0.25) is 5.91 Å². The van der Waals surface area contributed by atoms with E-state index in [1.165, 1.54) is 0 Å². The molecule has 0 saturated carbocycles. The Balaban J connectivity index is 1.54. The number of carbonyl (C=O) groups excluding carboxylic acids is 1. The summed E-state index contributed by atoms with van der Waals surface area (Å²) in [6.45, 7) is 0.783. The van der Waals surface area contributed by atoms with E-state index < -0.39 is 0 Å². The second kappa shape index (κ2) is 7.15. The summed E-state index contributed by atoms with van der Waals surface area (Å²) in [5.41, 5.74) is 3.05. The molecule has 3 aromatic rings. The molecule has 1 amide bonds. The number of amides is 1. The highest BCUT2D eigenvalue weighted by Gasteiger charge is 2.30. The van der Waals surface area contributed by atoms with Gasteiger partial charge in [0.1, 0.15) is 5.82 Å². The Morgan fingerprint density at radius 1 is 1.23 bits per heavy atom. The first kappa shape index (κ1) is 16.6. The molecule has 26 heavy (non-hydrogen) atoms. The number of hydrogen-bond donors (Lipinski definition) is 1. The predicted octanol–water partition coefficient (Wildman–Crippen LogP) is 3.11. The third-order valence-corrected chi connectivity index (χ3v) is 4.93. The summed E-state index contributed by atoms with van der Waals surface area (Å²) in [7, 11) is 1.87. The molecule has 0 bridgehead atoms. The van der Waals surface area contributed by atoms with Crippen LogP contribution in [0, 0.1) is 0 Å². The van der Waals surface area contributed by atoms with E-state index in [4.69, 9.17) is 0 Å². The summed E-state index contributed by atoms with van der Waals surface area (Å²) in [4.78, 5) is 22.9. The number of rotatable bonds is 4. The van der Waals surface area contributed by atoms with Crippen LogP contribution in [0.15, 0.2) is 48.9 Å². The minimum Gasteiger partial charge on any atom is -0.340 e. The number of imidazole rings is 1. The number of nitrogens with one attached hydrogen (secondary N) is 1. The third-order valence-electron chi connectivity index (χ3n) is 4.93. The molecule has 3 heterocycles. The van der Waals surface area contributed by atoms with Gasteiger partial charge in [0, 0.05) is 19.8 Å². The average Bonchev–Trinajstić information content (AvgIpc) is 3.32. The van der Waals surface area contributed by atoms with Crippen molar-refractivity contribution in [2.75, 3.05) is 6.54 Å². The lowest BCUT2D eigenvalue weighted by molar-refractivity contribution is -0.134. The van der Waals surface area contributed by atoms with Crippen molar-refractivity contribution in [1.82, 2.24) is 24.6 Å². The first-order chi connectivity index (χ1) is 12.7. The van der Waals surface area contributed by atoms with Crippen LogP contribution in [0.1, 0.15) is 36.7 Å². The maximum Gasteiger partial charge on any atom is 0.227 e. The van der Waals surface area contributed by atoms with Gasteiger partial charge in [-0.1, -0.05) is 30.3 Å². The lowest BCUT2D eigenvalue weighted by atomic mass is 10.0. The molecule has 134 valence electrons. The monoisotopic (exact) mass is 349 g/mol. The van der Waals surface area contributed by atoms with Gasteiger partial charge in [-0.15, -0.1) is 0 Å². The van der Waals surface area contributed by atoms with Crippen molar-refractivity contribution in [3.63, 3.8) is 0 Å². The quantitative estimate of drug-likeness (QED) is 0.787. The van der Waals surface area contributed by atoms with Crippen molar-refractivity contribution in [3.05, 3.63) is 60.3 Å². The standard InChI is InChI=1S/C20H23N5O/c1-24-14-15(12-22-24)11-19(26)25-10-6-5-9-18(25)20-21-13-17(23-20)16-7-3-2-4-8-16/h2-4,7-8,12-14,18H,5-6,9-11H2,1H3,(H,21,23). The topological polar surface area (TPSA) is 66.8 Å². The van der Waals surface area contributed by atoms with Gasteiger partial charge in [0.25, 0.3) is 0 Å². The van der Waals surface area contributed by atoms with E-state index in [9.17, 15) is 4.79 Å². The molecule has 2 aromatic heterocycles. The minimum absolute atomic E-state index is 0.0189. The number of aryl methyl sites for hydroxylation is 1. The largest absolute Gasteiger partial charge is 0.340 e. The number of piperidine rings is 1. The van der Waals surface area contributed by atoms with Crippen molar-refractivity contribution in [1.29, 1.82) is 0 Å². The summed E-state index contributed by atoms with van der Waals surface area (Å²) in [6.07, 6.45) is 9.01. The van der Waals surface area contributed by atoms with Gasteiger partial charge in [0.05, 0.1) is 30.6 Å². The highest BCUT2D eigenvalue weighted by molar-refractivity contribution is 5.79. The SMILES string of the molecule is Cn1cc(CC(=O)N2CCCCC2c2ncc(-c3ccccc3)[nH]2)cn1.